The Hall–Kier alpha value is -1.87. The van der Waals surface area contributed by atoms with Crippen LogP contribution in [-0.4, -0.2) is 9.55 Å². The lowest BCUT2D eigenvalue weighted by molar-refractivity contribution is 0.514. The third-order valence-electron chi connectivity index (χ3n) is 4.10. The van der Waals surface area contributed by atoms with Crippen molar-refractivity contribution in [3.63, 3.8) is 0 Å². The van der Waals surface area contributed by atoms with Crippen LogP contribution in [0.5, 0.6) is 0 Å². The van der Waals surface area contributed by atoms with Gasteiger partial charge in [-0.2, -0.15) is 0 Å². The number of para-hydroxylation sites is 1. The van der Waals surface area contributed by atoms with Crippen LogP contribution in [0.3, 0.4) is 0 Å². The molecule has 0 aliphatic heterocycles. The maximum atomic E-state index is 5.53. The van der Waals surface area contributed by atoms with E-state index in [9.17, 15) is 0 Å². The lowest BCUT2D eigenvalue weighted by Gasteiger charge is -2.15. The van der Waals surface area contributed by atoms with E-state index in [1.165, 1.54) is 16.6 Å². The molecule has 0 aliphatic rings. The first-order valence-electron chi connectivity index (χ1n) is 7.40. The number of nitrogens with zero attached hydrogens (tertiary/aromatic N) is 1. The number of H-pyrrole nitrogens is 1. The maximum absolute atomic E-state index is 5.53. The number of benzene rings is 2. The van der Waals surface area contributed by atoms with Gasteiger partial charge in [-0.3, -0.25) is 0 Å². The molecular weight excluding hydrogens is 276 g/mol. The van der Waals surface area contributed by atoms with Crippen molar-refractivity contribution >= 4 is 23.3 Å². The summed E-state index contributed by atoms with van der Waals surface area (Å²) in [6.45, 7) is 4.36. The third-order valence-corrected chi connectivity index (χ3v) is 4.39. The molecule has 0 fully saturated rings. The molecule has 0 radical (unpaired) electrons. The van der Waals surface area contributed by atoms with Gasteiger partial charge in [-0.05, 0) is 56.1 Å². The van der Waals surface area contributed by atoms with Crippen LogP contribution < -0.4 is 0 Å². The predicted molar refractivity (Wildman–Crippen MR) is 91.3 cm³/mol. The summed E-state index contributed by atoms with van der Waals surface area (Å²) in [5.74, 6) is 0. The van der Waals surface area contributed by atoms with Crippen molar-refractivity contribution in [3.05, 3.63) is 64.4 Å². The molecule has 3 heteroatoms. The van der Waals surface area contributed by atoms with Crippen molar-refractivity contribution in [2.45, 2.75) is 32.7 Å². The van der Waals surface area contributed by atoms with Crippen molar-refractivity contribution in [2.75, 3.05) is 0 Å². The minimum absolute atomic E-state index is 0.383. The lowest BCUT2D eigenvalue weighted by Crippen LogP contribution is -2.06. The Balaban J connectivity index is 1.88. The van der Waals surface area contributed by atoms with Gasteiger partial charge in [-0.15, -0.1) is 0 Å². The topological polar surface area (TPSA) is 20.7 Å². The average molecular weight is 296 g/mol. The van der Waals surface area contributed by atoms with Crippen molar-refractivity contribution in [3.8, 4) is 0 Å². The van der Waals surface area contributed by atoms with Crippen molar-refractivity contribution in [2.24, 2.45) is 0 Å². The molecule has 3 aromatic rings. The number of aromatic nitrogens is 2. The number of hydrogen-bond acceptors (Lipinski definition) is 1. The summed E-state index contributed by atoms with van der Waals surface area (Å²) >= 11 is 5.53. The molecule has 0 bridgehead atoms. The average Bonchev–Trinajstić information content (AvgIpc) is 2.84. The van der Waals surface area contributed by atoms with Gasteiger partial charge in [0.25, 0.3) is 0 Å². The first kappa shape index (κ1) is 14.1. The number of nitrogens with one attached hydrogen (secondary N) is 1. The molecule has 1 N–H and O–H groups in total. The van der Waals surface area contributed by atoms with Gasteiger partial charge in [0.05, 0.1) is 11.0 Å². The molecule has 0 amide bonds. The van der Waals surface area contributed by atoms with Gasteiger partial charge in [0, 0.05) is 6.04 Å². The Morgan fingerprint density at radius 3 is 2.62 bits per heavy atom. The Kier molecular flexibility index (Phi) is 3.93. The molecule has 3 rings (SSSR count). The summed E-state index contributed by atoms with van der Waals surface area (Å²) in [5, 5.41) is 0. The number of hydrogen-bond donors (Lipinski definition) is 1. The summed E-state index contributed by atoms with van der Waals surface area (Å²) in [6, 6.07) is 17.4. The Labute approximate surface area is 130 Å². The van der Waals surface area contributed by atoms with Gasteiger partial charge in [-0.25, -0.2) is 0 Å². The first-order valence-corrected chi connectivity index (χ1v) is 7.81. The quantitative estimate of drug-likeness (QED) is 0.656. The van der Waals surface area contributed by atoms with Crippen LogP contribution >= 0.6 is 12.2 Å². The highest BCUT2D eigenvalue weighted by Crippen LogP contribution is 2.24. The van der Waals surface area contributed by atoms with Crippen LogP contribution in [-0.2, 0) is 6.42 Å². The monoisotopic (exact) mass is 296 g/mol. The molecule has 1 heterocycles. The van der Waals surface area contributed by atoms with E-state index in [-0.39, 0.29) is 0 Å². The number of fused-ring (bicyclic) bond motifs is 1. The second-order valence-corrected chi connectivity index (χ2v) is 6.03. The fourth-order valence-corrected chi connectivity index (χ4v) is 3.26. The van der Waals surface area contributed by atoms with Gasteiger partial charge < -0.3 is 9.55 Å². The number of imidazole rings is 1. The third kappa shape index (κ3) is 2.79. The second kappa shape index (κ2) is 5.86. The zero-order chi connectivity index (χ0) is 14.8. The normalized spacial score (nSPS) is 12.7. The zero-order valence-corrected chi connectivity index (χ0v) is 13.3. The Bertz CT molecular complexity index is 799. The van der Waals surface area contributed by atoms with Crippen LogP contribution in [0.2, 0.25) is 0 Å². The summed E-state index contributed by atoms with van der Waals surface area (Å²) in [5.41, 5.74) is 4.99. The smallest absolute Gasteiger partial charge is 0.178 e. The fraction of sp³-hybridized carbons (Fsp3) is 0.278. The summed E-state index contributed by atoms with van der Waals surface area (Å²) < 4.78 is 3.07. The molecule has 1 unspecified atom stereocenters. The highest BCUT2D eigenvalue weighted by molar-refractivity contribution is 7.71. The Morgan fingerprint density at radius 1 is 1.10 bits per heavy atom. The van der Waals surface area contributed by atoms with Gasteiger partial charge in [0.1, 0.15) is 0 Å². The first-order chi connectivity index (χ1) is 10.2. The van der Waals surface area contributed by atoms with Crippen LogP contribution in [0.1, 0.15) is 30.5 Å². The molecule has 0 aliphatic carbocycles. The standard InChI is InChI=1S/C18H20N2S/c1-13-7-6-10-16-17(13)19-18(21)20(16)14(2)11-12-15-8-4-3-5-9-15/h3-10,14H,11-12H2,1-2H3,(H,19,21). The van der Waals surface area contributed by atoms with Gasteiger partial charge in [0.2, 0.25) is 0 Å². The molecule has 108 valence electrons. The Morgan fingerprint density at radius 2 is 1.86 bits per heavy atom. The molecule has 1 atom stereocenters. The summed E-state index contributed by atoms with van der Waals surface area (Å²) in [4.78, 5) is 3.35. The van der Waals surface area contributed by atoms with Gasteiger partial charge in [-0.1, -0.05) is 42.5 Å². The van der Waals surface area contributed by atoms with E-state index in [0.29, 0.717) is 6.04 Å². The molecule has 2 nitrogen and oxygen atoms in total. The van der Waals surface area contributed by atoms with Crippen LogP contribution in [0.25, 0.3) is 11.0 Å². The largest absolute Gasteiger partial charge is 0.330 e. The molecule has 2 aromatic carbocycles. The molecular formula is C18H20N2S. The van der Waals surface area contributed by atoms with Crippen LogP contribution in [0.15, 0.2) is 48.5 Å². The van der Waals surface area contributed by atoms with E-state index in [1.54, 1.807) is 0 Å². The minimum Gasteiger partial charge on any atom is -0.330 e. The number of aryl methyl sites for hydroxylation is 2. The van der Waals surface area contributed by atoms with E-state index in [0.717, 1.165) is 23.1 Å². The van der Waals surface area contributed by atoms with Crippen LogP contribution in [0, 0.1) is 11.7 Å². The summed E-state index contributed by atoms with van der Waals surface area (Å²) in [7, 11) is 0. The summed E-state index contributed by atoms with van der Waals surface area (Å²) in [6.07, 6.45) is 2.15. The number of rotatable bonds is 4. The van der Waals surface area contributed by atoms with E-state index in [2.05, 4.69) is 71.9 Å². The highest BCUT2D eigenvalue weighted by atomic mass is 32.1. The maximum Gasteiger partial charge on any atom is 0.178 e. The van der Waals surface area contributed by atoms with E-state index in [4.69, 9.17) is 12.2 Å². The van der Waals surface area contributed by atoms with E-state index >= 15 is 0 Å². The molecule has 21 heavy (non-hydrogen) atoms. The van der Waals surface area contributed by atoms with Gasteiger partial charge >= 0.3 is 0 Å². The van der Waals surface area contributed by atoms with Crippen molar-refractivity contribution in [1.82, 2.24) is 9.55 Å². The molecule has 0 spiro atoms. The molecule has 0 saturated carbocycles. The van der Waals surface area contributed by atoms with E-state index in [1.807, 2.05) is 0 Å². The minimum atomic E-state index is 0.383. The van der Waals surface area contributed by atoms with E-state index < -0.39 is 0 Å². The lowest BCUT2D eigenvalue weighted by atomic mass is 10.1. The predicted octanol–water partition coefficient (Wildman–Crippen LogP) is 5.20. The van der Waals surface area contributed by atoms with Gasteiger partial charge in [0.15, 0.2) is 4.77 Å². The van der Waals surface area contributed by atoms with Crippen molar-refractivity contribution in [1.29, 1.82) is 0 Å². The SMILES string of the molecule is Cc1cccc2c1[nH]c(=S)n2C(C)CCc1ccccc1. The fourth-order valence-electron chi connectivity index (χ4n) is 2.88. The molecule has 0 saturated heterocycles. The highest BCUT2D eigenvalue weighted by Gasteiger charge is 2.12. The van der Waals surface area contributed by atoms with Crippen molar-refractivity contribution < 1.29 is 0 Å². The second-order valence-electron chi connectivity index (χ2n) is 5.64. The van der Waals surface area contributed by atoms with Crippen LogP contribution in [0.4, 0.5) is 0 Å². The molecule has 1 aromatic heterocycles. The number of aromatic amines is 1. The zero-order valence-electron chi connectivity index (χ0n) is 12.5.